The Balaban J connectivity index is 1.85. The van der Waals surface area contributed by atoms with Crippen molar-refractivity contribution in [2.75, 3.05) is 6.54 Å². The molecule has 19 heavy (non-hydrogen) atoms. The third-order valence-electron chi connectivity index (χ3n) is 3.03. The van der Waals surface area contributed by atoms with E-state index in [1.807, 2.05) is 36.4 Å². The monoisotopic (exact) mass is 254 g/mol. The molecule has 3 heteroatoms. The van der Waals surface area contributed by atoms with Crippen LogP contribution in [0.15, 0.2) is 54.6 Å². The summed E-state index contributed by atoms with van der Waals surface area (Å²) < 4.78 is 0. The number of carbonyl (C=O) groups is 1. The summed E-state index contributed by atoms with van der Waals surface area (Å²) in [4.78, 5) is 11.3. The average Bonchev–Trinajstić information content (AvgIpc) is 2.45. The van der Waals surface area contributed by atoms with Gasteiger partial charge in [-0.3, -0.25) is 4.79 Å². The first kappa shape index (κ1) is 13.3. The van der Waals surface area contributed by atoms with E-state index in [-0.39, 0.29) is 5.91 Å². The number of primary amides is 1. The van der Waals surface area contributed by atoms with Gasteiger partial charge in [-0.2, -0.15) is 0 Å². The van der Waals surface area contributed by atoms with Crippen molar-refractivity contribution in [2.45, 2.75) is 13.0 Å². The van der Waals surface area contributed by atoms with Gasteiger partial charge in [-0.1, -0.05) is 48.5 Å². The molecule has 0 bridgehead atoms. The molecule has 1 amide bonds. The number of hydrogen-bond acceptors (Lipinski definition) is 2. The van der Waals surface area contributed by atoms with Gasteiger partial charge in [0.15, 0.2) is 0 Å². The van der Waals surface area contributed by atoms with Crippen molar-refractivity contribution < 1.29 is 4.79 Å². The summed E-state index contributed by atoms with van der Waals surface area (Å²) in [5, 5.41) is 3.36. The van der Waals surface area contributed by atoms with E-state index in [4.69, 9.17) is 5.73 Å². The molecule has 0 aliphatic rings. The summed E-state index contributed by atoms with van der Waals surface area (Å²) in [6.45, 7) is 1.65. The second kappa shape index (κ2) is 6.71. The van der Waals surface area contributed by atoms with Crippen LogP contribution in [0.25, 0.3) is 0 Å². The number of benzene rings is 2. The molecule has 0 radical (unpaired) electrons. The normalized spacial score (nSPS) is 10.3. The molecule has 2 aromatic carbocycles. The summed E-state index contributed by atoms with van der Waals surface area (Å²) in [7, 11) is 0. The van der Waals surface area contributed by atoms with Crippen molar-refractivity contribution in [1.29, 1.82) is 0 Å². The van der Waals surface area contributed by atoms with Gasteiger partial charge in [-0.05, 0) is 30.2 Å². The molecule has 0 atom stereocenters. The summed E-state index contributed by atoms with van der Waals surface area (Å²) in [6.07, 6.45) is 0.798. The Morgan fingerprint density at radius 1 is 1.00 bits per heavy atom. The van der Waals surface area contributed by atoms with Crippen LogP contribution in [-0.4, -0.2) is 12.5 Å². The molecule has 0 aromatic heterocycles. The number of nitrogens with two attached hydrogens (primary N) is 1. The molecule has 2 aromatic rings. The standard InChI is InChI=1S/C16H18N2O/c17-16(19)15-9-5-4-8-14(15)10-11-18-12-13-6-2-1-3-7-13/h1-9,18H,10-12H2,(H2,17,19). The van der Waals surface area contributed by atoms with E-state index in [9.17, 15) is 4.79 Å². The highest BCUT2D eigenvalue weighted by molar-refractivity contribution is 5.94. The van der Waals surface area contributed by atoms with Crippen LogP contribution in [0.2, 0.25) is 0 Å². The Hall–Kier alpha value is -2.13. The van der Waals surface area contributed by atoms with Crippen molar-refractivity contribution in [1.82, 2.24) is 5.32 Å². The molecule has 0 saturated heterocycles. The molecule has 0 aliphatic carbocycles. The first-order chi connectivity index (χ1) is 9.27. The highest BCUT2D eigenvalue weighted by atomic mass is 16.1. The van der Waals surface area contributed by atoms with Crippen LogP contribution >= 0.6 is 0 Å². The maximum Gasteiger partial charge on any atom is 0.248 e. The van der Waals surface area contributed by atoms with Gasteiger partial charge in [0.1, 0.15) is 0 Å². The van der Waals surface area contributed by atoms with E-state index in [2.05, 4.69) is 17.4 Å². The van der Waals surface area contributed by atoms with Crippen molar-refractivity contribution in [3.05, 3.63) is 71.3 Å². The second-order valence-corrected chi connectivity index (χ2v) is 4.43. The quantitative estimate of drug-likeness (QED) is 0.776. The maximum absolute atomic E-state index is 11.3. The molecule has 98 valence electrons. The molecule has 0 aliphatic heterocycles. The molecule has 3 N–H and O–H groups in total. The van der Waals surface area contributed by atoms with Crippen molar-refractivity contribution in [2.24, 2.45) is 5.73 Å². The molecule has 0 unspecified atom stereocenters. The third-order valence-corrected chi connectivity index (χ3v) is 3.03. The SMILES string of the molecule is NC(=O)c1ccccc1CCNCc1ccccc1. The fourth-order valence-corrected chi connectivity index (χ4v) is 2.03. The van der Waals surface area contributed by atoms with Crippen LogP contribution in [0.1, 0.15) is 21.5 Å². The Bertz CT molecular complexity index is 537. The van der Waals surface area contributed by atoms with Crippen molar-refractivity contribution in [3.8, 4) is 0 Å². The molecule has 3 nitrogen and oxygen atoms in total. The fraction of sp³-hybridized carbons (Fsp3) is 0.188. The fourth-order valence-electron chi connectivity index (χ4n) is 2.03. The molecular weight excluding hydrogens is 236 g/mol. The van der Waals surface area contributed by atoms with E-state index in [0.29, 0.717) is 5.56 Å². The van der Waals surface area contributed by atoms with E-state index < -0.39 is 0 Å². The number of hydrogen-bond donors (Lipinski definition) is 2. The van der Waals surface area contributed by atoms with Crippen molar-refractivity contribution in [3.63, 3.8) is 0 Å². The van der Waals surface area contributed by atoms with E-state index in [1.54, 1.807) is 6.07 Å². The minimum atomic E-state index is -0.362. The van der Waals surface area contributed by atoms with Crippen LogP contribution in [-0.2, 0) is 13.0 Å². The largest absolute Gasteiger partial charge is 0.366 e. The van der Waals surface area contributed by atoms with Crippen LogP contribution in [0.3, 0.4) is 0 Å². The minimum Gasteiger partial charge on any atom is -0.366 e. The lowest BCUT2D eigenvalue weighted by molar-refractivity contribution is 0.0999. The van der Waals surface area contributed by atoms with Gasteiger partial charge in [0, 0.05) is 12.1 Å². The molecule has 2 rings (SSSR count). The van der Waals surface area contributed by atoms with Crippen LogP contribution in [0.5, 0.6) is 0 Å². The molecular formula is C16H18N2O. The zero-order valence-corrected chi connectivity index (χ0v) is 10.8. The summed E-state index contributed by atoms with van der Waals surface area (Å²) >= 11 is 0. The van der Waals surface area contributed by atoms with Crippen molar-refractivity contribution >= 4 is 5.91 Å². The number of amides is 1. The molecule has 0 fully saturated rings. The molecule has 0 saturated carbocycles. The predicted molar refractivity (Wildman–Crippen MR) is 76.8 cm³/mol. The predicted octanol–water partition coefficient (Wildman–Crippen LogP) is 2.12. The zero-order chi connectivity index (χ0) is 13.5. The topological polar surface area (TPSA) is 55.1 Å². The number of carbonyl (C=O) groups excluding carboxylic acids is 1. The van der Waals surface area contributed by atoms with Gasteiger partial charge in [0.05, 0.1) is 0 Å². The second-order valence-electron chi connectivity index (χ2n) is 4.43. The Labute approximate surface area is 113 Å². The lowest BCUT2D eigenvalue weighted by Crippen LogP contribution is -2.19. The zero-order valence-electron chi connectivity index (χ0n) is 10.8. The van der Waals surface area contributed by atoms with Crippen LogP contribution in [0.4, 0.5) is 0 Å². The minimum absolute atomic E-state index is 0.362. The van der Waals surface area contributed by atoms with Crippen LogP contribution in [0, 0.1) is 0 Å². The molecule has 0 heterocycles. The van der Waals surface area contributed by atoms with Gasteiger partial charge in [-0.25, -0.2) is 0 Å². The lowest BCUT2D eigenvalue weighted by Gasteiger charge is -2.08. The number of rotatable bonds is 6. The Morgan fingerprint density at radius 2 is 1.68 bits per heavy atom. The summed E-state index contributed by atoms with van der Waals surface area (Å²) in [6, 6.07) is 17.7. The Morgan fingerprint density at radius 3 is 2.42 bits per heavy atom. The lowest BCUT2D eigenvalue weighted by atomic mass is 10.0. The number of nitrogens with one attached hydrogen (secondary N) is 1. The van der Waals surface area contributed by atoms with E-state index in [1.165, 1.54) is 5.56 Å². The van der Waals surface area contributed by atoms with Crippen LogP contribution < -0.4 is 11.1 Å². The summed E-state index contributed by atoms with van der Waals surface area (Å²) in [5.74, 6) is -0.362. The first-order valence-corrected chi connectivity index (χ1v) is 6.40. The van der Waals surface area contributed by atoms with Gasteiger partial charge in [-0.15, -0.1) is 0 Å². The highest BCUT2D eigenvalue weighted by Gasteiger charge is 2.06. The first-order valence-electron chi connectivity index (χ1n) is 6.40. The summed E-state index contributed by atoms with van der Waals surface area (Å²) in [5.41, 5.74) is 8.22. The van der Waals surface area contributed by atoms with E-state index in [0.717, 1.165) is 25.1 Å². The van der Waals surface area contributed by atoms with E-state index >= 15 is 0 Å². The van der Waals surface area contributed by atoms with Gasteiger partial charge < -0.3 is 11.1 Å². The smallest absolute Gasteiger partial charge is 0.248 e. The van der Waals surface area contributed by atoms with Gasteiger partial charge >= 0.3 is 0 Å². The highest BCUT2D eigenvalue weighted by Crippen LogP contribution is 2.08. The molecule has 0 spiro atoms. The third kappa shape index (κ3) is 3.93. The Kier molecular flexibility index (Phi) is 4.70. The average molecular weight is 254 g/mol. The van der Waals surface area contributed by atoms with Gasteiger partial charge in [0.2, 0.25) is 5.91 Å². The van der Waals surface area contributed by atoms with Gasteiger partial charge in [0.25, 0.3) is 0 Å². The maximum atomic E-state index is 11.3.